The maximum Gasteiger partial charge on any atom is 0.0835 e. The molecular formula is C13H15Cl2NO. The summed E-state index contributed by atoms with van der Waals surface area (Å²) in [6, 6.07) is 3.83. The molecule has 2 aromatic rings. The van der Waals surface area contributed by atoms with E-state index in [0.717, 1.165) is 23.7 Å². The normalized spacial score (nSPS) is 11.3. The molecule has 0 atom stereocenters. The number of aryl methyl sites for hydroxylation is 1. The van der Waals surface area contributed by atoms with Gasteiger partial charge in [0.1, 0.15) is 0 Å². The predicted molar refractivity (Wildman–Crippen MR) is 73.0 cm³/mol. The fourth-order valence-electron chi connectivity index (χ4n) is 2.15. The van der Waals surface area contributed by atoms with Crippen molar-refractivity contribution in [1.82, 2.24) is 4.57 Å². The van der Waals surface area contributed by atoms with Crippen LogP contribution >= 0.6 is 23.2 Å². The average Bonchev–Trinajstić information content (AvgIpc) is 2.64. The van der Waals surface area contributed by atoms with Crippen molar-refractivity contribution in [1.29, 1.82) is 0 Å². The van der Waals surface area contributed by atoms with Crippen molar-refractivity contribution in [3.05, 3.63) is 33.9 Å². The molecule has 1 aromatic carbocycles. The second-order valence-corrected chi connectivity index (χ2v) is 4.86. The number of benzene rings is 1. The largest absolute Gasteiger partial charge is 0.395 e. The van der Waals surface area contributed by atoms with E-state index in [1.807, 2.05) is 16.7 Å². The third-order valence-electron chi connectivity index (χ3n) is 2.87. The van der Waals surface area contributed by atoms with E-state index in [1.54, 1.807) is 0 Å². The molecule has 1 heterocycles. The summed E-state index contributed by atoms with van der Waals surface area (Å²) in [6.07, 6.45) is 4.15. The van der Waals surface area contributed by atoms with Gasteiger partial charge >= 0.3 is 0 Å². The van der Waals surface area contributed by atoms with Crippen LogP contribution in [0, 0.1) is 0 Å². The molecule has 0 unspecified atom stereocenters. The Morgan fingerprint density at radius 3 is 2.71 bits per heavy atom. The van der Waals surface area contributed by atoms with Gasteiger partial charge in [-0.3, -0.25) is 0 Å². The van der Waals surface area contributed by atoms with Gasteiger partial charge in [0.25, 0.3) is 0 Å². The van der Waals surface area contributed by atoms with Crippen molar-refractivity contribution >= 4 is 34.1 Å². The topological polar surface area (TPSA) is 25.2 Å². The van der Waals surface area contributed by atoms with E-state index in [-0.39, 0.29) is 6.61 Å². The highest BCUT2D eigenvalue weighted by Gasteiger charge is 2.13. The number of hydrogen-bond donors (Lipinski definition) is 1. The molecule has 0 aliphatic heterocycles. The lowest BCUT2D eigenvalue weighted by Gasteiger charge is -2.05. The second kappa shape index (κ2) is 5.30. The van der Waals surface area contributed by atoms with Gasteiger partial charge in [-0.15, -0.1) is 0 Å². The third-order valence-corrected chi connectivity index (χ3v) is 3.67. The molecule has 2 nitrogen and oxygen atoms in total. The molecule has 17 heavy (non-hydrogen) atoms. The van der Waals surface area contributed by atoms with Gasteiger partial charge in [0.15, 0.2) is 0 Å². The molecule has 0 amide bonds. The van der Waals surface area contributed by atoms with Gasteiger partial charge in [-0.25, -0.2) is 0 Å². The van der Waals surface area contributed by atoms with Crippen molar-refractivity contribution in [3.8, 4) is 0 Å². The van der Waals surface area contributed by atoms with Crippen LogP contribution in [0.15, 0.2) is 18.3 Å². The summed E-state index contributed by atoms with van der Waals surface area (Å²) in [5, 5.41) is 11.3. The number of aliphatic hydroxyl groups excluding tert-OH is 1. The number of fused-ring (bicyclic) bond motifs is 1. The first-order chi connectivity index (χ1) is 8.19. The van der Waals surface area contributed by atoms with Crippen molar-refractivity contribution in [2.24, 2.45) is 0 Å². The molecular weight excluding hydrogens is 257 g/mol. The van der Waals surface area contributed by atoms with Crippen molar-refractivity contribution in [3.63, 3.8) is 0 Å². The zero-order chi connectivity index (χ0) is 12.4. The third kappa shape index (κ3) is 2.30. The Bertz CT molecular complexity index is 534. The van der Waals surface area contributed by atoms with E-state index in [4.69, 9.17) is 28.3 Å². The van der Waals surface area contributed by atoms with E-state index in [9.17, 15) is 0 Å². The van der Waals surface area contributed by atoms with E-state index >= 15 is 0 Å². The van der Waals surface area contributed by atoms with Gasteiger partial charge in [0.2, 0.25) is 0 Å². The predicted octanol–water partition coefficient (Wildman–Crippen LogP) is 3.89. The molecule has 1 aromatic heterocycles. The molecule has 0 saturated heterocycles. The number of rotatable bonds is 4. The van der Waals surface area contributed by atoms with Crippen molar-refractivity contribution < 1.29 is 5.11 Å². The van der Waals surface area contributed by atoms with Gasteiger partial charge in [-0.2, -0.15) is 0 Å². The number of nitrogens with zero attached hydrogens (tertiary/aromatic N) is 1. The minimum Gasteiger partial charge on any atom is -0.395 e. The SMILES string of the molecule is CCCc1cn(CCO)c2c(Cl)c(Cl)ccc12. The van der Waals surface area contributed by atoms with Gasteiger partial charge in [0, 0.05) is 18.1 Å². The van der Waals surface area contributed by atoms with E-state index in [2.05, 4.69) is 13.1 Å². The molecule has 0 fully saturated rings. The van der Waals surface area contributed by atoms with Crippen molar-refractivity contribution in [2.45, 2.75) is 26.3 Å². The molecule has 1 N–H and O–H groups in total. The molecule has 0 aliphatic carbocycles. The maximum atomic E-state index is 9.08. The first-order valence-electron chi connectivity index (χ1n) is 5.75. The zero-order valence-electron chi connectivity index (χ0n) is 9.71. The maximum absolute atomic E-state index is 9.08. The summed E-state index contributed by atoms with van der Waals surface area (Å²) in [7, 11) is 0. The Morgan fingerprint density at radius 1 is 1.29 bits per heavy atom. The summed E-state index contributed by atoms with van der Waals surface area (Å²) in [6.45, 7) is 2.78. The second-order valence-electron chi connectivity index (χ2n) is 4.08. The van der Waals surface area contributed by atoms with E-state index in [1.165, 1.54) is 5.56 Å². The monoisotopic (exact) mass is 271 g/mol. The minimum absolute atomic E-state index is 0.0954. The number of aromatic nitrogens is 1. The zero-order valence-corrected chi connectivity index (χ0v) is 11.2. The van der Waals surface area contributed by atoms with Crippen molar-refractivity contribution in [2.75, 3.05) is 6.61 Å². The molecule has 0 saturated carbocycles. The van der Waals surface area contributed by atoms with Crippen LogP contribution in [-0.4, -0.2) is 16.3 Å². The van der Waals surface area contributed by atoms with Crippen LogP contribution < -0.4 is 0 Å². The fourth-order valence-corrected chi connectivity index (χ4v) is 2.58. The van der Waals surface area contributed by atoms with Gasteiger partial charge in [-0.05, 0) is 18.1 Å². The smallest absolute Gasteiger partial charge is 0.0835 e. The summed E-state index contributed by atoms with van der Waals surface area (Å²) in [4.78, 5) is 0. The molecule has 0 radical (unpaired) electrons. The lowest BCUT2D eigenvalue weighted by Crippen LogP contribution is -2.00. The standard InChI is InChI=1S/C13H15Cl2NO/c1-2-3-9-8-16(6-7-17)13-10(9)4-5-11(14)12(13)15/h4-5,8,17H,2-3,6-7H2,1H3. The molecule has 2 rings (SSSR count). The number of aliphatic hydroxyl groups is 1. The first-order valence-corrected chi connectivity index (χ1v) is 6.51. The summed E-state index contributed by atoms with van der Waals surface area (Å²) < 4.78 is 1.98. The lowest BCUT2D eigenvalue weighted by molar-refractivity contribution is 0.278. The summed E-state index contributed by atoms with van der Waals surface area (Å²) in [5.74, 6) is 0. The van der Waals surface area contributed by atoms with Crippen LogP contribution in [0.3, 0.4) is 0 Å². The molecule has 4 heteroatoms. The minimum atomic E-state index is 0.0954. The first kappa shape index (κ1) is 12.7. The molecule has 92 valence electrons. The van der Waals surface area contributed by atoms with Gasteiger partial charge < -0.3 is 9.67 Å². The Morgan fingerprint density at radius 2 is 2.06 bits per heavy atom. The highest BCUT2D eigenvalue weighted by atomic mass is 35.5. The van der Waals surface area contributed by atoms with Crippen LogP contribution in [0.25, 0.3) is 10.9 Å². The van der Waals surface area contributed by atoms with Crippen LogP contribution in [0.5, 0.6) is 0 Å². The van der Waals surface area contributed by atoms with E-state index < -0.39 is 0 Å². The average molecular weight is 272 g/mol. The molecule has 0 spiro atoms. The Balaban J connectivity index is 2.67. The Kier molecular flexibility index (Phi) is 3.97. The Labute approximate surface area is 111 Å². The van der Waals surface area contributed by atoms with Gasteiger partial charge in [0.05, 0.1) is 22.2 Å². The van der Waals surface area contributed by atoms with E-state index in [0.29, 0.717) is 16.6 Å². The molecule has 0 aliphatic rings. The van der Waals surface area contributed by atoms with Crippen LogP contribution in [0.4, 0.5) is 0 Å². The Hall–Kier alpha value is -0.700. The highest BCUT2D eigenvalue weighted by Crippen LogP contribution is 2.34. The molecule has 0 bridgehead atoms. The quantitative estimate of drug-likeness (QED) is 0.897. The van der Waals surface area contributed by atoms with Crippen LogP contribution in [0.2, 0.25) is 10.0 Å². The summed E-state index contributed by atoms with van der Waals surface area (Å²) >= 11 is 12.3. The van der Waals surface area contributed by atoms with Gasteiger partial charge in [-0.1, -0.05) is 42.6 Å². The fraction of sp³-hybridized carbons (Fsp3) is 0.385. The van der Waals surface area contributed by atoms with Crippen LogP contribution in [0.1, 0.15) is 18.9 Å². The number of hydrogen-bond acceptors (Lipinski definition) is 1. The number of halogens is 2. The van der Waals surface area contributed by atoms with Crippen LogP contribution in [-0.2, 0) is 13.0 Å². The summed E-state index contributed by atoms with van der Waals surface area (Å²) in [5.41, 5.74) is 2.19. The lowest BCUT2D eigenvalue weighted by atomic mass is 10.1. The highest BCUT2D eigenvalue weighted by molar-refractivity contribution is 6.45.